The van der Waals surface area contributed by atoms with Gasteiger partial charge in [0.25, 0.3) is 0 Å². The van der Waals surface area contributed by atoms with Crippen molar-refractivity contribution in [2.45, 2.75) is 5.75 Å². The highest BCUT2D eigenvalue weighted by Gasteiger charge is 1.93. The molecular weight excluding hydrogens is 176 g/mol. The summed E-state index contributed by atoms with van der Waals surface area (Å²) in [5, 5.41) is 2.84. The molecule has 0 bridgehead atoms. The minimum absolute atomic E-state index is 0.0248. The van der Waals surface area contributed by atoms with E-state index in [0.717, 1.165) is 5.82 Å². The average molecular weight is 185 g/mol. The maximum absolute atomic E-state index is 10.3. The van der Waals surface area contributed by atoms with E-state index in [9.17, 15) is 8.76 Å². The van der Waals surface area contributed by atoms with Crippen LogP contribution in [0.25, 0.3) is 0 Å². The van der Waals surface area contributed by atoms with E-state index in [1.807, 2.05) is 0 Å². The molecule has 66 valence electrons. The minimum Gasteiger partial charge on any atom is -0.772 e. The second kappa shape index (κ2) is 4.18. The first-order valence-corrected chi connectivity index (χ1v) is 4.65. The van der Waals surface area contributed by atoms with E-state index in [4.69, 9.17) is 0 Å². The van der Waals surface area contributed by atoms with Crippen LogP contribution in [-0.2, 0) is 16.8 Å². The molecule has 5 heteroatoms. The Bertz CT molecular complexity index is 273. The zero-order valence-electron chi connectivity index (χ0n) is 6.61. The van der Waals surface area contributed by atoms with Gasteiger partial charge in [0.1, 0.15) is 5.82 Å². The monoisotopic (exact) mass is 185 g/mol. The Morgan fingerprint density at radius 1 is 1.67 bits per heavy atom. The molecule has 0 amide bonds. The molecule has 1 atom stereocenters. The summed E-state index contributed by atoms with van der Waals surface area (Å²) in [6.07, 6.45) is 1.54. The number of nitrogens with one attached hydrogen (secondary N) is 1. The zero-order chi connectivity index (χ0) is 8.97. The number of pyridine rings is 1. The molecule has 12 heavy (non-hydrogen) atoms. The molecule has 0 saturated heterocycles. The second-order valence-electron chi connectivity index (χ2n) is 2.25. The molecule has 1 rings (SSSR count). The van der Waals surface area contributed by atoms with E-state index >= 15 is 0 Å². The predicted octanol–water partition coefficient (Wildman–Crippen LogP) is 0.502. The summed E-state index contributed by atoms with van der Waals surface area (Å²) < 4.78 is 20.6. The highest BCUT2D eigenvalue weighted by molar-refractivity contribution is 7.78. The average Bonchev–Trinajstić information content (AvgIpc) is 2.05. The molecule has 0 fully saturated rings. The Kier molecular flexibility index (Phi) is 3.19. The third-order valence-electron chi connectivity index (χ3n) is 1.37. The first-order chi connectivity index (χ1) is 5.72. The summed E-state index contributed by atoms with van der Waals surface area (Å²) >= 11 is -2.04. The lowest BCUT2D eigenvalue weighted by atomic mass is 10.3. The van der Waals surface area contributed by atoms with E-state index in [2.05, 4.69) is 10.3 Å². The van der Waals surface area contributed by atoms with Crippen molar-refractivity contribution in [2.75, 3.05) is 12.4 Å². The van der Waals surface area contributed by atoms with Gasteiger partial charge in [-0.15, -0.1) is 0 Å². The first kappa shape index (κ1) is 9.15. The van der Waals surface area contributed by atoms with Crippen LogP contribution in [0.5, 0.6) is 0 Å². The molecule has 0 saturated carbocycles. The number of nitrogens with zero attached hydrogens (tertiary/aromatic N) is 1. The SMILES string of the molecule is CNc1ccc(CS(=O)[O-])cn1. The molecule has 1 aromatic heterocycles. The number of rotatable bonds is 3. The number of hydrogen-bond donors (Lipinski definition) is 1. The van der Waals surface area contributed by atoms with Crippen molar-refractivity contribution in [1.82, 2.24) is 4.98 Å². The lowest BCUT2D eigenvalue weighted by molar-refractivity contribution is 0.536. The van der Waals surface area contributed by atoms with Gasteiger partial charge in [-0.2, -0.15) is 0 Å². The van der Waals surface area contributed by atoms with E-state index < -0.39 is 11.1 Å². The molecule has 4 nitrogen and oxygen atoms in total. The van der Waals surface area contributed by atoms with Gasteiger partial charge in [0, 0.05) is 19.0 Å². The normalized spacial score (nSPS) is 12.5. The molecule has 0 aliphatic rings. The van der Waals surface area contributed by atoms with E-state index in [1.54, 1.807) is 25.4 Å². The fourth-order valence-electron chi connectivity index (χ4n) is 0.794. The van der Waals surface area contributed by atoms with E-state index in [0.29, 0.717) is 5.56 Å². The van der Waals surface area contributed by atoms with Crippen molar-refractivity contribution in [3.63, 3.8) is 0 Å². The molecule has 0 radical (unpaired) electrons. The van der Waals surface area contributed by atoms with Gasteiger partial charge in [-0.3, -0.25) is 4.21 Å². The van der Waals surface area contributed by atoms with Crippen molar-refractivity contribution >= 4 is 16.9 Å². The van der Waals surface area contributed by atoms with Gasteiger partial charge in [-0.05, 0) is 11.6 Å². The molecule has 0 aliphatic carbocycles. The van der Waals surface area contributed by atoms with Crippen LogP contribution < -0.4 is 5.32 Å². The Hall–Kier alpha value is -0.940. The summed E-state index contributed by atoms with van der Waals surface area (Å²) in [5.41, 5.74) is 0.697. The first-order valence-electron chi connectivity index (χ1n) is 3.41. The minimum atomic E-state index is -2.04. The third-order valence-corrected chi connectivity index (χ3v) is 1.93. The third kappa shape index (κ3) is 2.60. The molecular formula is C7H9N2O2S-. The summed E-state index contributed by atoms with van der Waals surface area (Å²) in [5.74, 6) is 0.757. The fourth-order valence-corrected chi connectivity index (χ4v) is 1.24. The van der Waals surface area contributed by atoms with E-state index in [-0.39, 0.29) is 5.75 Å². The van der Waals surface area contributed by atoms with Crippen LogP contribution in [0.4, 0.5) is 5.82 Å². The largest absolute Gasteiger partial charge is 0.772 e. The Morgan fingerprint density at radius 2 is 2.42 bits per heavy atom. The van der Waals surface area contributed by atoms with Crippen molar-refractivity contribution in [2.24, 2.45) is 0 Å². The summed E-state index contributed by atoms with van der Waals surface area (Å²) in [6, 6.07) is 3.47. The van der Waals surface area contributed by atoms with Crippen LogP contribution in [0.2, 0.25) is 0 Å². The van der Waals surface area contributed by atoms with Crippen molar-refractivity contribution in [1.29, 1.82) is 0 Å². The Labute approximate surface area is 73.3 Å². The Morgan fingerprint density at radius 3 is 2.83 bits per heavy atom. The van der Waals surface area contributed by atoms with Gasteiger partial charge in [0.05, 0.1) is 0 Å². The maximum Gasteiger partial charge on any atom is 0.125 e. The van der Waals surface area contributed by atoms with Gasteiger partial charge >= 0.3 is 0 Å². The van der Waals surface area contributed by atoms with Crippen LogP contribution >= 0.6 is 0 Å². The van der Waals surface area contributed by atoms with Crippen LogP contribution in [0.1, 0.15) is 5.56 Å². The number of aromatic nitrogens is 1. The van der Waals surface area contributed by atoms with Crippen LogP contribution in [0.3, 0.4) is 0 Å². The summed E-state index contributed by atoms with van der Waals surface area (Å²) in [7, 11) is 1.76. The summed E-state index contributed by atoms with van der Waals surface area (Å²) in [6.45, 7) is 0. The molecule has 1 aromatic rings. The second-order valence-corrected chi connectivity index (χ2v) is 3.15. The molecule has 1 heterocycles. The lowest BCUT2D eigenvalue weighted by Crippen LogP contribution is -1.96. The fraction of sp³-hybridized carbons (Fsp3) is 0.286. The highest BCUT2D eigenvalue weighted by atomic mass is 32.2. The van der Waals surface area contributed by atoms with Crippen molar-refractivity contribution in [3.05, 3.63) is 23.9 Å². The van der Waals surface area contributed by atoms with Crippen molar-refractivity contribution in [3.8, 4) is 0 Å². The molecule has 0 aromatic carbocycles. The molecule has 1 unspecified atom stereocenters. The van der Waals surface area contributed by atoms with Crippen LogP contribution in [0.15, 0.2) is 18.3 Å². The van der Waals surface area contributed by atoms with Gasteiger partial charge < -0.3 is 9.87 Å². The smallest absolute Gasteiger partial charge is 0.125 e. The number of anilines is 1. The van der Waals surface area contributed by atoms with Crippen LogP contribution in [0, 0.1) is 0 Å². The number of hydrogen-bond acceptors (Lipinski definition) is 4. The van der Waals surface area contributed by atoms with Crippen LogP contribution in [-0.4, -0.2) is 20.8 Å². The molecule has 0 spiro atoms. The Balaban J connectivity index is 2.71. The van der Waals surface area contributed by atoms with E-state index in [1.165, 1.54) is 0 Å². The molecule has 0 aliphatic heterocycles. The summed E-state index contributed by atoms with van der Waals surface area (Å²) in [4.78, 5) is 3.97. The van der Waals surface area contributed by atoms with Gasteiger partial charge in [0.2, 0.25) is 0 Å². The van der Waals surface area contributed by atoms with Gasteiger partial charge in [-0.25, -0.2) is 4.98 Å². The van der Waals surface area contributed by atoms with Crippen molar-refractivity contribution < 1.29 is 8.76 Å². The standard InChI is InChI=1S/C7H10N2O2S/c1-8-7-3-2-6(4-9-7)5-12(10)11/h2-4H,5H2,1H3,(H,8,9)(H,10,11)/p-1. The van der Waals surface area contributed by atoms with Gasteiger partial charge in [-0.1, -0.05) is 17.1 Å². The quantitative estimate of drug-likeness (QED) is 0.696. The molecule has 1 N–H and O–H groups in total. The topological polar surface area (TPSA) is 65.0 Å². The predicted molar refractivity (Wildman–Crippen MR) is 46.4 cm³/mol. The van der Waals surface area contributed by atoms with Gasteiger partial charge in [0.15, 0.2) is 0 Å². The zero-order valence-corrected chi connectivity index (χ0v) is 7.43. The highest BCUT2D eigenvalue weighted by Crippen LogP contribution is 2.05. The maximum atomic E-state index is 10.3. The lowest BCUT2D eigenvalue weighted by Gasteiger charge is -2.04.